The maximum atomic E-state index is 12.6. The van der Waals surface area contributed by atoms with Crippen molar-refractivity contribution in [1.29, 1.82) is 0 Å². The van der Waals surface area contributed by atoms with Crippen LogP contribution in [0.25, 0.3) is 0 Å². The predicted molar refractivity (Wildman–Crippen MR) is 118 cm³/mol. The molecule has 0 spiro atoms. The van der Waals surface area contributed by atoms with Crippen molar-refractivity contribution in [2.75, 3.05) is 30.4 Å². The second-order valence-electron chi connectivity index (χ2n) is 6.70. The summed E-state index contributed by atoms with van der Waals surface area (Å²) in [4.78, 5) is 35.8. The van der Waals surface area contributed by atoms with Crippen molar-refractivity contribution < 1.29 is 19.4 Å². The van der Waals surface area contributed by atoms with Crippen LogP contribution < -0.4 is 20.3 Å². The first kappa shape index (κ1) is 21.9. The lowest BCUT2D eigenvalue weighted by molar-refractivity contribution is -0.384. The predicted octanol–water partition coefficient (Wildman–Crippen LogP) is 3.24. The zero-order chi connectivity index (χ0) is 22.5. The lowest BCUT2D eigenvalue weighted by atomic mass is 10.1. The number of nitrogens with one attached hydrogen (secondary N) is 2. The van der Waals surface area contributed by atoms with Crippen LogP contribution in [0.5, 0.6) is 5.75 Å². The van der Waals surface area contributed by atoms with E-state index in [0.717, 1.165) is 25.9 Å². The monoisotopic (exact) mass is 445 g/mol. The average molecular weight is 445 g/mol. The number of anilines is 2. The second-order valence-corrected chi connectivity index (χ2v) is 7.11. The fourth-order valence-electron chi connectivity index (χ4n) is 3.26. The van der Waals surface area contributed by atoms with Gasteiger partial charge in [0.15, 0.2) is 5.11 Å². The molecule has 2 aromatic carbocycles. The van der Waals surface area contributed by atoms with Crippen molar-refractivity contribution in [2.45, 2.75) is 12.8 Å². The van der Waals surface area contributed by atoms with Crippen LogP contribution in [0.3, 0.4) is 0 Å². The third-order valence-electron chi connectivity index (χ3n) is 4.75. The van der Waals surface area contributed by atoms with Gasteiger partial charge in [-0.05, 0) is 43.3 Å². The summed E-state index contributed by atoms with van der Waals surface area (Å²) in [6.45, 7) is 1.47. The smallest absolute Gasteiger partial charge is 0.293 e. The molecule has 0 bridgehead atoms. The van der Waals surface area contributed by atoms with E-state index in [1.54, 1.807) is 6.07 Å². The van der Waals surface area contributed by atoms with Crippen LogP contribution in [-0.4, -0.2) is 41.1 Å². The number of nitrogens with zero attached hydrogens (tertiary/aromatic N) is 3. The molecule has 1 aliphatic heterocycles. The maximum Gasteiger partial charge on any atom is 0.293 e. The Balaban J connectivity index is 1.74. The summed E-state index contributed by atoms with van der Waals surface area (Å²) in [6, 6.07) is 8.16. The van der Waals surface area contributed by atoms with Crippen molar-refractivity contribution in [3.63, 3.8) is 0 Å². The van der Waals surface area contributed by atoms with Crippen LogP contribution in [0.1, 0.15) is 23.2 Å². The third-order valence-corrected chi connectivity index (χ3v) is 4.96. The molecule has 2 aromatic rings. The van der Waals surface area contributed by atoms with Crippen molar-refractivity contribution in [1.82, 2.24) is 5.32 Å². The van der Waals surface area contributed by atoms with E-state index in [4.69, 9.17) is 17.0 Å². The summed E-state index contributed by atoms with van der Waals surface area (Å²) in [7, 11) is 1.34. The van der Waals surface area contributed by atoms with Crippen LogP contribution in [-0.2, 0) is 0 Å². The third kappa shape index (κ3) is 5.04. The number of hydrogen-bond acceptors (Lipinski definition) is 8. The summed E-state index contributed by atoms with van der Waals surface area (Å²) in [5, 5.41) is 27.5. The Labute approximate surface area is 182 Å². The van der Waals surface area contributed by atoms with E-state index in [0.29, 0.717) is 11.4 Å². The first-order chi connectivity index (χ1) is 14.8. The number of carbonyl (C=O) groups is 1. The molecule has 1 amide bonds. The molecule has 1 aliphatic rings. The molecule has 11 nitrogen and oxygen atoms in total. The van der Waals surface area contributed by atoms with E-state index in [1.807, 2.05) is 4.90 Å². The number of methoxy groups -OCH3 is 1. The number of benzene rings is 2. The number of nitro groups is 2. The molecule has 1 heterocycles. The van der Waals surface area contributed by atoms with Crippen LogP contribution >= 0.6 is 12.2 Å². The zero-order valence-corrected chi connectivity index (χ0v) is 17.3. The summed E-state index contributed by atoms with van der Waals surface area (Å²) in [6.07, 6.45) is 1.93. The zero-order valence-electron chi connectivity index (χ0n) is 16.5. The van der Waals surface area contributed by atoms with Gasteiger partial charge in [-0.2, -0.15) is 0 Å². The quantitative estimate of drug-likeness (QED) is 0.389. The molecule has 0 radical (unpaired) electrons. The summed E-state index contributed by atoms with van der Waals surface area (Å²) < 4.78 is 5.11. The largest absolute Gasteiger partial charge is 0.494 e. The molecular weight excluding hydrogens is 426 g/mol. The summed E-state index contributed by atoms with van der Waals surface area (Å²) >= 11 is 5.13. The minimum atomic E-state index is -0.630. The highest BCUT2D eigenvalue weighted by Gasteiger charge is 2.24. The number of non-ortho nitro benzene ring substituents is 1. The van der Waals surface area contributed by atoms with Gasteiger partial charge < -0.3 is 15.0 Å². The lowest BCUT2D eigenvalue weighted by Gasteiger charge is -2.18. The van der Waals surface area contributed by atoms with Gasteiger partial charge in [0.05, 0.1) is 28.7 Å². The van der Waals surface area contributed by atoms with Crippen LogP contribution in [0.15, 0.2) is 36.4 Å². The van der Waals surface area contributed by atoms with Gasteiger partial charge in [0.2, 0.25) is 0 Å². The second kappa shape index (κ2) is 9.34. The summed E-state index contributed by atoms with van der Waals surface area (Å²) in [5.74, 6) is -0.467. The SMILES string of the molecule is COc1cc([N+](=O)[O-])ccc1NC(=S)NC(=O)c1ccc(N2CCCC2)c([N+](=O)[O-])c1. The van der Waals surface area contributed by atoms with E-state index in [1.165, 1.54) is 37.4 Å². The molecular formula is C19H19N5O6S. The van der Waals surface area contributed by atoms with Gasteiger partial charge in [0.25, 0.3) is 17.3 Å². The van der Waals surface area contributed by atoms with Gasteiger partial charge in [-0.25, -0.2) is 0 Å². The van der Waals surface area contributed by atoms with Gasteiger partial charge in [-0.3, -0.25) is 30.3 Å². The number of thiocarbonyl (C=S) groups is 1. The number of carbonyl (C=O) groups excluding carboxylic acids is 1. The van der Waals surface area contributed by atoms with E-state index in [9.17, 15) is 25.0 Å². The van der Waals surface area contributed by atoms with Crippen LogP contribution in [0.4, 0.5) is 22.7 Å². The van der Waals surface area contributed by atoms with Crippen molar-refractivity contribution in [3.05, 3.63) is 62.2 Å². The van der Waals surface area contributed by atoms with Crippen molar-refractivity contribution in [3.8, 4) is 5.75 Å². The molecule has 0 unspecified atom stereocenters. The van der Waals surface area contributed by atoms with E-state index >= 15 is 0 Å². The first-order valence-corrected chi connectivity index (χ1v) is 9.69. The Kier molecular flexibility index (Phi) is 6.60. The van der Waals surface area contributed by atoms with Crippen LogP contribution in [0, 0.1) is 20.2 Å². The molecule has 0 aliphatic carbocycles. The minimum absolute atomic E-state index is 0.0782. The van der Waals surface area contributed by atoms with Gasteiger partial charge in [0.1, 0.15) is 11.4 Å². The number of ether oxygens (including phenoxy) is 1. The minimum Gasteiger partial charge on any atom is -0.494 e. The fourth-order valence-corrected chi connectivity index (χ4v) is 3.46. The van der Waals surface area contributed by atoms with Crippen molar-refractivity contribution >= 4 is 46.0 Å². The number of hydrogen-bond donors (Lipinski definition) is 2. The van der Waals surface area contributed by atoms with E-state index < -0.39 is 15.8 Å². The Bertz CT molecular complexity index is 1050. The van der Waals surface area contributed by atoms with Gasteiger partial charge >= 0.3 is 0 Å². The highest BCUT2D eigenvalue weighted by molar-refractivity contribution is 7.80. The molecule has 0 aromatic heterocycles. The lowest BCUT2D eigenvalue weighted by Crippen LogP contribution is -2.34. The van der Waals surface area contributed by atoms with Crippen molar-refractivity contribution in [2.24, 2.45) is 0 Å². The Hall–Kier alpha value is -3.80. The van der Waals surface area contributed by atoms with Gasteiger partial charge in [-0.15, -0.1) is 0 Å². The molecule has 1 fully saturated rings. The molecule has 12 heteroatoms. The van der Waals surface area contributed by atoms with Gasteiger partial charge in [-0.1, -0.05) is 0 Å². The standard InChI is InChI=1S/C19H19N5O6S/c1-30-17-11-13(23(26)27)5-6-14(17)20-19(31)21-18(25)12-4-7-15(16(10-12)24(28)29)22-8-2-3-9-22/h4-7,10-11H,2-3,8-9H2,1H3,(H2,20,21,25,31). The first-order valence-electron chi connectivity index (χ1n) is 9.28. The van der Waals surface area contributed by atoms with Gasteiger partial charge in [0, 0.05) is 30.8 Å². The highest BCUT2D eigenvalue weighted by atomic mass is 32.1. The molecule has 3 rings (SSSR count). The molecule has 162 valence electrons. The molecule has 0 atom stereocenters. The molecule has 1 saturated heterocycles. The van der Waals surface area contributed by atoms with E-state index in [-0.39, 0.29) is 27.8 Å². The van der Waals surface area contributed by atoms with Crippen LogP contribution in [0.2, 0.25) is 0 Å². The molecule has 2 N–H and O–H groups in total. The number of rotatable bonds is 6. The Morgan fingerprint density at radius 2 is 1.81 bits per heavy atom. The average Bonchev–Trinajstić information content (AvgIpc) is 3.28. The summed E-state index contributed by atoms with van der Waals surface area (Å²) in [5.41, 5.74) is 0.562. The Morgan fingerprint density at radius 1 is 1.10 bits per heavy atom. The number of amides is 1. The Morgan fingerprint density at radius 3 is 2.42 bits per heavy atom. The maximum absolute atomic E-state index is 12.6. The molecule has 31 heavy (non-hydrogen) atoms. The fraction of sp³-hybridized carbons (Fsp3) is 0.263. The normalized spacial score (nSPS) is 12.9. The topological polar surface area (TPSA) is 140 Å². The van der Waals surface area contributed by atoms with E-state index in [2.05, 4.69) is 10.6 Å². The molecule has 0 saturated carbocycles. The number of nitro benzene ring substituents is 2. The highest BCUT2D eigenvalue weighted by Crippen LogP contribution is 2.32.